The molecule has 13 heteroatoms. The van der Waals surface area contributed by atoms with Gasteiger partial charge in [0, 0.05) is 24.4 Å². The summed E-state index contributed by atoms with van der Waals surface area (Å²) in [5.41, 5.74) is 0.806. The van der Waals surface area contributed by atoms with Crippen LogP contribution in [0.1, 0.15) is 33.4 Å². The third-order valence-electron chi connectivity index (χ3n) is 4.61. The van der Waals surface area contributed by atoms with Crippen molar-refractivity contribution in [2.45, 2.75) is 57.3 Å². The van der Waals surface area contributed by atoms with Crippen molar-refractivity contribution >= 4 is 35.5 Å². The number of amides is 2. The Balaban J connectivity index is 1.59. The fraction of sp³-hybridized carbons (Fsp3) is 0.579. The molecule has 3 heterocycles. The van der Waals surface area contributed by atoms with Crippen molar-refractivity contribution in [2.24, 2.45) is 0 Å². The van der Waals surface area contributed by atoms with E-state index in [2.05, 4.69) is 15.3 Å². The number of nitrogens with zero attached hydrogens (tertiary/aromatic N) is 2. The van der Waals surface area contributed by atoms with Gasteiger partial charge in [0.2, 0.25) is 5.95 Å². The molecule has 1 aromatic heterocycles. The normalized spacial score (nSPS) is 21.1. The Morgan fingerprint density at radius 3 is 2.66 bits per heavy atom. The number of ether oxygens (including phenoxy) is 1. The van der Waals surface area contributed by atoms with Crippen LogP contribution < -0.4 is 10.6 Å². The van der Waals surface area contributed by atoms with Crippen LogP contribution in [-0.2, 0) is 25.5 Å². The summed E-state index contributed by atoms with van der Waals surface area (Å²) in [6, 6.07) is -0.630. The lowest BCUT2D eigenvalue weighted by Gasteiger charge is -2.49. The highest BCUT2D eigenvalue weighted by atomic mass is 32.2. The van der Waals surface area contributed by atoms with Gasteiger partial charge in [-0.2, -0.15) is 13.2 Å². The molecule has 2 aliphatic rings. The predicted molar refractivity (Wildman–Crippen MR) is 110 cm³/mol. The average molecular weight is 475 g/mol. The quantitative estimate of drug-likeness (QED) is 0.425. The molecule has 32 heavy (non-hydrogen) atoms. The molecule has 2 atom stereocenters. The number of β-lactam (4-membered cyclic amide) rings is 1. The third kappa shape index (κ3) is 5.19. The fourth-order valence-corrected chi connectivity index (χ4v) is 4.50. The lowest BCUT2D eigenvalue weighted by atomic mass is 10.0. The van der Waals surface area contributed by atoms with E-state index in [4.69, 9.17) is 4.74 Å². The summed E-state index contributed by atoms with van der Waals surface area (Å²) in [7, 11) is 0. The molecule has 1 unspecified atom stereocenters. The van der Waals surface area contributed by atoms with E-state index in [1.165, 1.54) is 22.9 Å². The summed E-state index contributed by atoms with van der Waals surface area (Å²) >= 11 is 1.50. The predicted octanol–water partition coefficient (Wildman–Crippen LogP) is 1.94. The lowest BCUT2D eigenvalue weighted by molar-refractivity contribution is -0.173. The molecule has 3 N–H and O–H groups in total. The number of alkyl halides is 3. The van der Waals surface area contributed by atoms with Crippen LogP contribution in [0, 0.1) is 0 Å². The summed E-state index contributed by atoms with van der Waals surface area (Å²) in [5, 5.41) is 4.43. The van der Waals surface area contributed by atoms with Crippen LogP contribution >= 0.6 is 11.8 Å². The number of anilines is 1. The number of hydrogen-bond acceptors (Lipinski definition) is 7. The largest absolute Gasteiger partial charge is 0.471 e. The standard InChI is InChI=1S/C19H24F3N5O4S/c1-9-8-32-14-11(13(28)27(14)12(9)15(29)31-18(2,3)4)26-17-24-7-10(25-17)5-6-23-16(30)19(20,21)22/h7,11,14H,5-6,8H2,1-4H3,(H,23,30)(H2,24,25,26)/t11?,14-/m0/s1. The van der Waals surface area contributed by atoms with Gasteiger partial charge in [0.1, 0.15) is 22.7 Å². The van der Waals surface area contributed by atoms with Crippen molar-refractivity contribution in [2.75, 3.05) is 17.6 Å². The van der Waals surface area contributed by atoms with Crippen LogP contribution in [0.3, 0.4) is 0 Å². The van der Waals surface area contributed by atoms with Gasteiger partial charge < -0.3 is 20.4 Å². The molecule has 0 bridgehead atoms. The SMILES string of the molecule is CC1=C(C(=O)OC(C)(C)C)N2C(=O)C(Nc3ncc(CCNC(=O)C(F)(F)F)[nH]3)[C@@H]2SC1. The van der Waals surface area contributed by atoms with Gasteiger partial charge in [-0.1, -0.05) is 0 Å². The number of thioether (sulfide) groups is 1. The first-order valence-corrected chi connectivity index (χ1v) is 10.9. The van der Waals surface area contributed by atoms with Gasteiger partial charge in [-0.05, 0) is 33.3 Å². The number of carbonyl (C=O) groups is 3. The number of fused-ring (bicyclic) bond motifs is 1. The molecule has 1 aromatic rings. The summed E-state index contributed by atoms with van der Waals surface area (Å²) in [6.07, 6.45) is -3.42. The molecule has 1 fully saturated rings. The third-order valence-corrected chi connectivity index (χ3v) is 6.03. The van der Waals surface area contributed by atoms with E-state index in [9.17, 15) is 27.6 Å². The van der Waals surface area contributed by atoms with Crippen molar-refractivity contribution in [1.82, 2.24) is 20.2 Å². The Morgan fingerprint density at radius 1 is 1.34 bits per heavy atom. The molecule has 0 spiro atoms. The van der Waals surface area contributed by atoms with E-state index in [0.717, 1.165) is 5.57 Å². The van der Waals surface area contributed by atoms with Crippen LogP contribution in [-0.4, -0.2) is 68.1 Å². The molecule has 176 valence electrons. The topological polar surface area (TPSA) is 116 Å². The van der Waals surface area contributed by atoms with Crippen LogP contribution in [0.4, 0.5) is 19.1 Å². The summed E-state index contributed by atoms with van der Waals surface area (Å²) < 4.78 is 42.1. The monoisotopic (exact) mass is 475 g/mol. The van der Waals surface area contributed by atoms with E-state index >= 15 is 0 Å². The highest BCUT2D eigenvalue weighted by Crippen LogP contribution is 2.41. The number of rotatable bonds is 6. The first-order chi connectivity index (χ1) is 14.8. The molecular weight excluding hydrogens is 451 g/mol. The number of H-pyrrole nitrogens is 1. The molecule has 0 aliphatic carbocycles. The number of aromatic nitrogens is 2. The first-order valence-electron chi connectivity index (χ1n) is 9.81. The van der Waals surface area contributed by atoms with Crippen LogP contribution in [0.2, 0.25) is 0 Å². The van der Waals surface area contributed by atoms with Gasteiger partial charge in [-0.25, -0.2) is 9.78 Å². The lowest BCUT2D eigenvalue weighted by Crippen LogP contribution is -2.67. The van der Waals surface area contributed by atoms with Crippen molar-refractivity contribution < 1.29 is 32.3 Å². The number of aromatic amines is 1. The van der Waals surface area contributed by atoms with Crippen LogP contribution in [0.5, 0.6) is 0 Å². The Kier molecular flexibility index (Phi) is 6.50. The van der Waals surface area contributed by atoms with E-state index < -0.39 is 29.7 Å². The maximum absolute atomic E-state index is 12.8. The minimum absolute atomic E-state index is 0.101. The van der Waals surface area contributed by atoms with Crippen molar-refractivity contribution in [3.8, 4) is 0 Å². The van der Waals surface area contributed by atoms with Crippen molar-refractivity contribution in [1.29, 1.82) is 0 Å². The second-order valence-electron chi connectivity index (χ2n) is 8.42. The Hall–Kier alpha value is -2.70. The average Bonchev–Trinajstić information content (AvgIpc) is 3.11. The number of hydrogen-bond donors (Lipinski definition) is 3. The van der Waals surface area contributed by atoms with Crippen LogP contribution in [0.15, 0.2) is 17.5 Å². The van der Waals surface area contributed by atoms with Crippen LogP contribution in [0.25, 0.3) is 0 Å². The fourth-order valence-electron chi connectivity index (χ4n) is 3.21. The van der Waals surface area contributed by atoms with Crippen molar-refractivity contribution in [3.63, 3.8) is 0 Å². The minimum Gasteiger partial charge on any atom is -0.455 e. The Bertz CT molecular complexity index is 953. The molecule has 3 rings (SSSR count). The van der Waals surface area contributed by atoms with Gasteiger partial charge in [0.25, 0.3) is 5.91 Å². The molecule has 0 radical (unpaired) electrons. The van der Waals surface area contributed by atoms with E-state index in [-0.39, 0.29) is 35.9 Å². The van der Waals surface area contributed by atoms with Crippen molar-refractivity contribution in [3.05, 3.63) is 23.2 Å². The molecule has 1 saturated heterocycles. The van der Waals surface area contributed by atoms with Gasteiger partial charge in [0.05, 0.1) is 6.20 Å². The molecule has 0 saturated carbocycles. The zero-order chi connectivity index (χ0) is 23.8. The second kappa shape index (κ2) is 8.68. The molecule has 2 amide bonds. The highest BCUT2D eigenvalue weighted by molar-refractivity contribution is 8.00. The summed E-state index contributed by atoms with van der Waals surface area (Å²) in [4.78, 5) is 44.6. The van der Waals surface area contributed by atoms with Gasteiger partial charge in [-0.15, -0.1) is 11.8 Å². The maximum Gasteiger partial charge on any atom is 0.471 e. The number of imidazole rings is 1. The Morgan fingerprint density at radius 2 is 2.03 bits per heavy atom. The highest BCUT2D eigenvalue weighted by Gasteiger charge is 2.54. The number of carbonyl (C=O) groups excluding carboxylic acids is 3. The molecule has 9 nitrogen and oxygen atoms in total. The van der Waals surface area contributed by atoms with Gasteiger partial charge in [-0.3, -0.25) is 14.5 Å². The number of nitrogens with one attached hydrogen (secondary N) is 3. The summed E-state index contributed by atoms with van der Waals surface area (Å²) in [5.74, 6) is -2.03. The summed E-state index contributed by atoms with van der Waals surface area (Å²) in [6.45, 7) is 6.81. The number of esters is 1. The van der Waals surface area contributed by atoms with E-state index in [1.54, 1.807) is 33.0 Å². The second-order valence-corrected chi connectivity index (χ2v) is 9.53. The number of halogens is 3. The Labute approximate surface area is 186 Å². The molecule has 0 aromatic carbocycles. The van der Waals surface area contributed by atoms with Gasteiger partial charge in [0.15, 0.2) is 0 Å². The zero-order valence-electron chi connectivity index (χ0n) is 17.9. The van der Waals surface area contributed by atoms with Gasteiger partial charge >= 0.3 is 18.1 Å². The van der Waals surface area contributed by atoms with E-state index in [0.29, 0.717) is 11.4 Å². The first kappa shape index (κ1) is 24.0. The minimum atomic E-state index is -4.93. The van der Waals surface area contributed by atoms with E-state index in [1.807, 2.05) is 0 Å². The smallest absolute Gasteiger partial charge is 0.455 e. The maximum atomic E-state index is 12.8. The molecule has 2 aliphatic heterocycles. The molecular formula is C19H24F3N5O4S. The zero-order valence-corrected chi connectivity index (χ0v) is 18.7.